The number of fused-ring (bicyclic) bond motifs is 2. The molecule has 5 rings (SSSR count). The van der Waals surface area contributed by atoms with Gasteiger partial charge >= 0.3 is 0 Å². The normalized spacial score (nSPS) is 29.6. The molecule has 40 heavy (non-hydrogen) atoms. The van der Waals surface area contributed by atoms with Crippen LogP contribution in [0.15, 0.2) is 30.3 Å². The molecule has 1 saturated heterocycles. The monoisotopic (exact) mass is 593 g/mol. The lowest BCUT2D eigenvalue weighted by Gasteiger charge is -2.37. The van der Waals surface area contributed by atoms with E-state index in [1.165, 1.54) is 30.3 Å². The van der Waals surface area contributed by atoms with Crippen LogP contribution in [0, 0.1) is 23.0 Å². The maximum atomic E-state index is 15.0. The van der Waals surface area contributed by atoms with Crippen LogP contribution in [0.4, 0.5) is 14.5 Å². The molecule has 2 aromatic carbocycles. The van der Waals surface area contributed by atoms with Crippen LogP contribution in [-0.4, -0.2) is 41.7 Å². The maximum absolute atomic E-state index is 15.0. The van der Waals surface area contributed by atoms with Crippen molar-refractivity contribution in [3.8, 4) is 0 Å². The molecule has 2 aromatic rings. The van der Waals surface area contributed by atoms with E-state index in [-0.39, 0.29) is 33.4 Å². The Balaban J connectivity index is 1.60. The van der Waals surface area contributed by atoms with Crippen molar-refractivity contribution in [2.75, 3.05) is 11.9 Å². The van der Waals surface area contributed by atoms with E-state index in [4.69, 9.17) is 23.2 Å². The van der Waals surface area contributed by atoms with Crippen LogP contribution in [0.1, 0.15) is 69.9 Å². The van der Waals surface area contributed by atoms with Crippen molar-refractivity contribution in [2.24, 2.45) is 11.3 Å². The third-order valence-electron chi connectivity index (χ3n) is 8.65. The number of hydrogen-bond acceptors (Lipinski definition) is 4. The second-order valence-electron chi connectivity index (χ2n) is 12.7. The molecular formula is C30H35Cl2F2N3O3. The van der Waals surface area contributed by atoms with Crippen molar-refractivity contribution in [1.29, 1.82) is 0 Å². The number of rotatable bonds is 6. The van der Waals surface area contributed by atoms with Gasteiger partial charge in [0.15, 0.2) is 0 Å². The van der Waals surface area contributed by atoms with E-state index in [9.17, 15) is 23.5 Å². The second kappa shape index (κ2) is 10.9. The van der Waals surface area contributed by atoms with E-state index in [1.54, 1.807) is 0 Å². The first-order chi connectivity index (χ1) is 18.8. The van der Waals surface area contributed by atoms with E-state index in [0.717, 1.165) is 25.7 Å². The molecule has 0 aromatic heterocycles. The SMILES string of the molecule is CC(C)(C)C[C@H]1N[C@@H](C(=O)NCCC2CCC(O)C2)[C@H](c2ccc(F)c(Cl)c2)[C@@]12C(=O)Nc1cc(Cl)c(F)cc12. The number of benzene rings is 2. The molecule has 1 spiro atoms. The van der Waals surface area contributed by atoms with Crippen LogP contribution in [0.2, 0.25) is 10.0 Å². The van der Waals surface area contributed by atoms with Gasteiger partial charge < -0.3 is 21.1 Å². The first-order valence-corrected chi connectivity index (χ1v) is 14.5. The molecule has 3 aliphatic rings. The minimum atomic E-state index is -1.40. The van der Waals surface area contributed by atoms with Gasteiger partial charge in [-0.15, -0.1) is 0 Å². The van der Waals surface area contributed by atoms with Gasteiger partial charge in [-0.05, 0) is 78.8 Å². The van der Waals surface area contributed by atoms with Gasteiger partial charge in [0, 0.05) is 24.2 Å². The lowest BCUT2D eigenvalue weighted by molar-refractivity contribution is -0.123. The fraction of sp³-hybridized carbons (Fsp3) is 0.533. The summed E-state index contributed by atoms with van der Waals surface area (Å²) in [5.41, 5.74) is -0.379. The van der Waals surface area contributed by atoms with E-state index in [1.807, 2.05) is 20.8 Å². The Morgan fingerprint density at radius 1 is 1.12 bits per heavy atom. The van der Waals surface area contributed by atoms with Crippen LogP contribution in [0.25, 0.3) is 0 Å². The minimum Gasteiger partial charge on any atom is -0.393 e. The molecule has 1 aliphatic carbocycles. The molecular weight excluding hydrogens is 559 g/mol. The molecule has 2 heterocycles. The van der Waals surface area contributed by atoms with Crippen LogP contribution in [-0.2, 0) is 15.0 Å². The third-order valence-corrected chi connectivity index (χ3v) is 9.23. The third kappa shape index (κ3) is 5.24. The Morgan fingerprint density at radius 2 is 1.85 bits per heavy atom. The number of carbonyl (C=O) groups excluding carboxylic acids is 2. The number of nitrogens with one attached hydrogen (secondary N) is 3. The fourth-order valence-electron chi connectivity index (χ4n) is 6.96. The quantitative estimate of drug-likeness (QED) is 0.346. The summed E-state index contributed by atoms with van der Waals surface area (Å²) >= 11 is 12.3. The van der Waals surface area contributed by atoms with Gasteiger partial charge in [-0.3, -0.25) is 9.59 Å². The predicted octanol–water partition coefficient (Wildman–Crippen LogP) is 5.69. The average Bonchev–Trinajstić information content (AvgIpc) is 3.51. The molecule has 6 nitrogen and oxygen atoms in total. The Bertz CT molecular complexity index is 1330. The number of amides is 2. The summed E-state index contributed by atoms with van der Waals surface area (Å²) < 4.78 is 29.3. The Kier molecular flexibility index (Phi) is 7.94. The molecule has 216 valence electrons. The number of aliphatic hydroxyl groups is 1. The van der Waals surface area contributed by atoms with E-state index in [0.29, 0.717) is 35.7 Å². The first kappa shape index (κ1) is 29.2. The second-order valence-corrected chi connectivity index (χ2v) is 13.5. The zero-order chi connectivity index (χ0) is 29.0. The molecule has 2 amide bonds. The smallest absolute Gasteiger partial charge is 0.237 e. The van der Waals surface area contributed by atoms with Gasteiger partial charge in [-0.1, -0.05) is 50.0 Å². The fourth-order valence-corrected chi connectivity index (χ4v) is 7.31. The van der Waals surface area contributed by atoms with E-state index in [2.05, 4.69) is 16.0 Å². The summed E-state index contributed by atoms with van der Waals surface area (Å²) in [5, 5.41) is 19.0. The van der Waals surface area contributed by atoms with Crippen molar-refractivity contribution in [3.05, 3.63) is 63.1 Å². The van der Waals surface area contributed by atoms with Crippen molar-refractivity contribution in [3.63, 3.8) is 0 Å². The summed E-state index contributed by atoms with van der Waals surface area (Å²) in [6.07, 6.45) is 3.32. The minimum absolute atomic E-state index is 0.123. The molecule has 2 unspecified atom stereocenters. The summed E-state index contributed by atoms with van der Waals surface area (Å²) in [4.78, 5) is 28.0. The van der Waals surface area contributed by atoms with Crippen LogP contribution >= 0.6 is 23.2 Å². The van der Waals surface area contributed by atoms with Gasteiger partial charge in [0.25, 0.3) is 0 Å². The lowest BCUT2D eigenvalue weighted by Crippen LogP contribution is -2.49. The van der Waals surface area contributed by atoms with Gasteiger partial charge in [0.05, 0.1) is 22.2 Å². The lowest BCUT2D eigenvalue weighted by atomic mass is 9.62. The van der Waals surface area contributed by atoms with E-state index >= 15 is 0 Å². The van der Waals surface area contributed by atoms with Crippen molar-refractivity contribution in [2.45, 2.75) is 82.4 Å². The first-order valence-electron chi connectivity index (χ1n) is 13.8. The average molecular weight is 595 g/mol. The van der Waals surface area contributed by atoms with Crippen molar-refractivity contribution >= 4 is 40.7 Å². The number of hydrogen-bond donors (Lipinski definition) is 4. The summed E-state index contributed by atoms with van der Waals surface area (Å²) in [6.45, 7) is 6.51. The summed E-state index contributed by atoms with van der Waals surface area (Å²) in [7, 11) is 0. The van der Waals surface area contributed by atoms with Gasteiger partial charge in [-0.25, -0.2) is 8.78 Å². The maximum Gasteiger partial charge on any atom is 0.237 e. The van der Waals surface area contributed by atoms with Crippen molar-refractivity contribution < 1.29 is 23.5 Å². The molecule has 6 atom stereocenters. The van der Waals surface area contributed by atoms with Gasteiger partial charge in [0.1, 0.15) is 17.0 Å². The van der Waals surface area contributed by atoms with Crippen LogP contribution in [0.3, 0.4) is 0 Å². The number of carbonyl (C=O) groups is 2. The van der Waals surface area contributed by atoms with Gasteiger partial charge in [0.2, 0.25) is 11.8 Å². The van der Waals surface area contributed by atoms with E-state index < -0.39 is 35.1 Å². The highest BCUT2D eigenvalue weighted by Gasteiger charge is 2.66. The highest BCUT2D eigenvalue weighted by atomic mass is 35.5. The number of aliphatic hydroxyl groups excluding tert-OH is 1. The molecule has 4 N–H and O–H groups in total. The standard InChI is InChI=1S/C30H35Cl2F2N3O3/c1-29(2,3)14-24-30(18-12-22(34)20(32)13-23(18)36-28(30)40)25(16-5-7-21(33)19(31)11-16)26(37-24)27(39)35-9-8-15-4-6-17(38)10-15/h5,7,11-13,15,17,24-26,37-38H,4,6,8-10,14H2,1-3H3,(H,35,39)(H,36,40)/t15?,17?,24-,25+,26-,30+/m1/s1. The van der Waals surface area contributed by atoms with Crippen molar-refractivity contribution in [1.82, 2.24) is 10.6 Å². The zero-order valence-electron chi connectivity index (χ0n) is 22.8. The van der Waals surface area contributed by atoms with Crippen LogP contribution in [0.5, 0.6) is 0 Å². The zero-order valence-corrected chi connectivity index (χ0v) is 24.3. The number of anilines is 1. The Hall–Kier alpha value is -2.26. The molecule has 2 fully saturated rings. The Labute approximate surface area is 243 Å². The highest BCUT2D eigenvalue weighted by Crippen LogP contribution is 2.57. The highest BCUT2D eigenvalue weighted by molar-refractivity contribution is 6.31. The van der Waals surface area contributed by atoms with Crippen LogP contribution < -0.4 is 16.0 Å². The topological polar surface area (TPSA) is 90.5 Å². The molecule has 0 radical (unpaired) electrons. The molecule has 10 heteroatoms. The molecule has 0 bridgehead atoms. The van der Waals surface area contributed by atoms with Gasteiger partial charge in [-0.2, -0.15) is 0 Å². The number of halogens is 4. The predicted molar refractivity (Wildman–Crippen MR) is 152 cm³/mol. The Morgan fingerprint density at radius 3 is 2.50 bits per heavy atom. The largest absolute Gasteiger partial charge is 0.393 e. The molecule has 1 saturated carbocycles. The molecule has 2 aliphatic heterocycles. The summed E-state index contributed by atoms with van der Waals surface area (Å²) in [5.74, 6) is -2.48. The summed E-state index contributed by atoms with van der Waals surface area (Å²) in [6, 6.07) is 5.41.